The van der Waals surface area contributed by atoms with Gasteiger partial charge in [0.05, 0.1) is 24.4 Å². The molecule has 102 valence electrons. The molecule has 1 fully saturated rings. The first kappa shape index (κ1) is 12.8. The van der Waals surface area contributed by atoms with E-state index in [1.165, 1.54) is 0 Å². The molecule has 0 aliphatic carbocycles. The number of pyridine rings is 1. The van der Waals surface area contributed by atoms with Gasteiger partial charge in [-0.1, -0.05) is 30.3 Å². The molecule has 0 bridgehead atoms. The van der Waals surface area contributed by atoms with Gasteiger partial charge in [-0.05, 0) is 18.1 Å². The highest BCUT2D eigenvalue weighted by atomic mass is 16.5. The van der Waals surface area contributed by atoms with Crippen LogP contribution < -0.4 is 5.32 Å². The van der Waals surface area contributed by atoms with Crippen molar-refractivity contribution in [2.24, 2.45) is 5.92 Å². The molecule has 1 amide bonds. The lowest BCUT2D eigenvalue weighted by Gasteiger charge is -2.13. The zero-order chi connectivity index (χ0) is 13.8. The summed E-state index contributed by atoms with van der Waals surface area (Å²) in [7, 11) is 0. The molecule has 0 unspecified atom stereocenters. The largest absolute Gasteiger partial charge is 0.381 e. The third-order valence-corrected chi connectivity index (χ3v) is 3.46. The van der Waals surface area contributed by atoms with Crippen LogP contribution >= 0.6 is 0 Å². The van der Waals surface area contributed by atoms with Gasteiger partial charge in [-0.25, -0.2) is 0 Å². The lowest BCUT2D eigenvalue weighted by atomic mass is 10.0. The summed E-state index contributed by atoms with van der Waals surface area (Å²) < 4.78 is 5.25. The first-order valence-corrected chi connectivity index (χ1v) is 6.72. The maximum Gasteiger partial charge on any atom is 0.229 e. The normalized spacial score (nSPS) is 17.9. The molecule has 4 nitrogen and oxygen atoms in total. The highest BCUT2D eigenvalue weighted by Gasteiger charge is 2.24. The number of anilines is 1. The maximum atomic E-state index is 12.2. The number of benzene rings is 1. The molecule has 1 aromatic heterocycles. The van der Waals surface area contributed by atoms with E-state index in [4.69, 9.17) is 4.74 Å². The van der Waals surface area contributed by atoms with E-state index in [1.54, 1.807) is 12.4 Å². The molecule has 1 aliphatic rings. The quantitative estimate of drug-likeness (QED) is 0.931. The van der Waals surface area contributed by atoms with Crippen LogP contribution in [0.3, 0.4) is 0 Å². The number of hydrogen-bond donors (Lipinski definition) is 1. The summed E-state index contributed by atoms with van der Waals surface area (Å²) in [5, 5.41) is 2.97. The van der Waals surface area contributed by atoms with Crippen molar-refractivity contribution in [2.45, 2.75) is 6.42 Å². The van der Waals surface area contributed by atoms with Crippen LogP contribution in [-0.4, -0.2) is 24.1 Å². The van der Waals surface area contributed by atoms with Gasteiger partial charge in [0.25, 0.3) is 0 Å². The summed E-state index contributed by atoms with van der Waals surface area (Å²) in [5.41, 5.74) is 2.79. The van der Waals surface area contributed by atoms with E-state index in [0.29, 0.717) is 13.2 Å². The highest BCUT2D eigenvalue weighted by molar-refractivity contribution is 5.96. The number of nitrogens with one attached hydrogen (secondary N) is 1. The van der Waals surface area contributed by atoms with Crippen molar-refractivity contribution in [3.05, 3.63) is 48.8 Å². The van der Waals surface area contributed by atoms with Crippen molar-refractivity contribution in [2.75, 3.05) is 18.5 Å². The highest BCUT2D eigenvalue weighted by Crippen LogP contribution is 2.27. The van der Waals surface area contributed by atoms with Gasteiger partial charge < -0.3 is 10.1 Å². The standard InChI is InChI=1S/C16H16N2O2/c19-16(13-7-9-20-11-13)18-15-10-17-8-6-14(15)12-4-2-1-3-5-12/h1-6,8,10,13H,7,9,11H2,(H,18,19)/t13-/m0/s1. The summed E-state index contributed by atoms with van der Waals surface area (Å²) in [4.78, 5) is 16.3. The Bertz CT molecular complexity index is 592. The molecule has 4 heteroatoms. The number of rotatable bonds is 3. The third kappa shape index (κ3) is 2.70. The van der Waals surface area contributed by atoms with Crippen LogP contribution in [0.1, 0.15) is 6.42 Å². The van der Waals surface area contributed by atoms with Crippen molar-refractivity contribution in [1.29, 1.82) is 0 Å². The van der Waals surface area contributed by atoms with E-state index in [2.05, 4.69) is 10.3 Å². The Hall–Kier alpha value is -2.20. The fraction of sp³-hybridized carbons (Fsp3) is 0.250. The number of carbonyl (C=O) groups is 1. The zero-order valence-corrected chi connectivity index (χ0v) is 11.1. The van der Waals surface area contributed by atoms with Crippen LogP contribution in [0.4, 0.5) is 5.69 Å². The molecule has 1 N–H and O–H groups in total. The summed E-state index contributed by atoms with van der Waals surface area (Å²) >= 11 is 0. The first-order valence-electron chi connectivity index (χ1n) is 6.72. The molecular weight excluding hydrogens is 252 g/mol. The van der Waals surface area contributed by atoms with Crippen molar-refractivity contribution >= 4 is 11.6 Å². The second kappa shape index (κ2) is 5.84. The van der Waals surface area contributed by atoms with Crippen LogP contribution in [0.5, 0.6) is 0 Å². The molecule has 3 rings (SSSR count). The van der Waals surface area contributed by atoms with Crippen LogP contribution in [0, 0.1) is 5.92 Å². The number of amides is 1. The van der Waals surface area contributed by atoms with Gasteiger partial charge in [-0.15, -0.1) is 0 Å². The Morgan fingerprint density at radius 3 is 2.85 bits per heavy atom. The number of hydrogen-bond acceptors (Lipinski definition) is 3. The van der Waals surface area contributed by atoms with Crippen molar-refractivity contribution < 1.29 is 9.53 Å². The Morgan fingerprint density at radius 1 is 1.25 bits per heavy atom. The lowest BCUT2D eigenvalue weighted by molar-refractivity contribution is -0.119. The van der Waals surface area contributed by atoms with Gasteiger partial charge in [0, 0.05) is 18.4 Å². The van der Waals surface area contributed by atoms with E-state index in [9.17, 15) is 4.79 Å². The molecule has 1 aliphatic heterocycles. The monoisotopic (exact) mass is 268 g/mol. The fourth-order valence-electron chi connectivity index (χ4n) is 2.34. The Balaban J connectivity index is 1.85. The average molecular weight is 268 g/mol. The second-order valence-corrected chi connectivity index (χ2v) is 4.84. The Morgan fingerprint density at radius 2 is 2.10 bits per heavy atom. The van der Waals surface area contributed by atoms with Crippen molar-refractivity contribution in [3.63, 3.8) is 0 Å². The summed E-state index contributed by atoms with van der Waals surface area (Å²) in [5.74, 6) is -0.0495. The van der Waals surface area contributed by atoms with Gasteiger partial charge in [-0.2, -0.15) is 0 Å². The van der Waals surface area contributed by atoms with E-state index in [-0.39, 0.29) is 11.8 Å². The molecule has 2 aromatic rings. The van der Waals surface area contributed by atoms with Gasteiger partial charge in [-0.3, -0.25) is 9.78 Å². The molecule has 1 atom stereocenters. The average Bonchev–Trinajstić information content (AvgIpc) is 3.03. The number of carbonyl (C=O) groups excluding carboxylic acids is 1. The number of nitrogens with zero attached hydrogens (tertiary/aromatic N) is 1. The van der Waals surface area contributed by atoms with Gasteiger partial charge in [0.15, 0.2) is 0 Å². The van der Waals surface area contributed by atoms with Crippen molar-refractivity contribution in [3.8, 4) is 11.1 Å². The first-order chi connectivity index (χ1) is 9.84. The summed E-state index contributed by atoms with van der Waals surface area (Å²) in [6, 6.07) is 11.9. The summed E-state index contributed by atoms with van der Waals surface area (Å²) in [6.45, 7) is 1.17. The zero-order valence-electron chi connectivity index (χ0n) is 11.1. The molecule has 20 heavy (non-hydrogen) atoms. The topological polar surface area (TPSA) is 51.2 Å². The minimum Gasteiger partial charge on any atom is -0.381 e. The Labute approximate surface area is 117 Å². The van der Waals surface area contributed by atoms with Gasteiger partial charge in [0.2, 0.25) is 5.91 Å². The predicted octanol–water partition coefficient (Wildman–Crippen LogP) is 2.72. The van der Waals surface area contributed by atoms with Gasteiger partial charge >= 0.3 is 0 Å². The molecule has 1 aromatic carbocycles. The molecule has 0 spiro atoms. The number of aromatic nitrogens is 1. The van der Waals surface area contributed by atoms with Crippen molar-refractivity contribution in [1.82, 2.24) is 4.98 Å². The van der Waals surface area contributed by atoms with E-state index in [0.717, 1.165) is 23.2 Å². The SMILES string of the molecule is O=C(Nc1cnccc1-c1ccccc1)[C@H]1CCOC1. The molecule has 0 saturated carbocycles. The van der Waals surface area contributed by atoms with Gasteiger partial charge in [0.1, 0.15) is 0 Å². The molecule has 2 heterocycles. The van der Waals surface area contributed by atoms with Crippen LogP contribution in [0.2, 0.25) is 0 Å². The molecule has 1 saturated heterocycles. The van der Waals surface area contributed by atoms with E-state index in [1.807, 2.05) is 36.4 Å². The molecule has 0 radical (unpaired) electrons. The molecular formula is C16H16N2O2. The smallest absolute Gasteiger partial charge is 0.229 e. The number of ether oxygens (including phenoxy) is 1. The predicted molar refractivity (Wildman–Crippen MR) is 77.2 cm³/mol. The van der Waals surface area contributed by atoms with Crippen LogP contribution in [-0.2, 0) is 9.53 Å². The van der Waals surface area contributed by atoms with E-state index < -0.39 is 0 Å². The second-order valence-electron chi connectivity index (χ2n) is 4.84. The fourth-order valence-corrected chi connectivity index (χ4v) is 2.34. The minimum atomic E-state index is -0.0566. The van der Waals surface area contributed by atoms with E-state index >= 15 is 0 Å². The van der Waals surface area contributed by atoms with Crippen LogP contribution in [0.25, 0.3) is 11.1 Å². The lowest BCUT2D eigenvalue weighted by Crippen LogP contribution is -2.23. The minimum absolute atomic E-state index is 0.00711. The maximum absolute atomic E-state index is 12.2. The Kier molecular flexibility index (Phi) is 3.74. The van der Waals surface area contributed by atoms with Crippen LogP contribution in [0.15, 0.2) is 48.8 Å². The summed E-state index contributed by atoms with van der Waals surface area (Å²) in [6.07, 6.45) is 4.21. The third-order valence-electron chi connectivity index (χ3n) is 3.46.